The van der Waals surface area contributed by atoms with Gasteiger partial charge in [-0.25, -0.2) is 4.98 Å². The molecule has 2 aromatic heterocycles. The van der Waals surface area contributed by atoms with Gasteiger partial charge in [-0.2, -0.15) is 0 Å². The maximum atomic E-state index is 12.6. The summed E-state index contributed by atoms with van der Waals surface area (Å²) in [6.07, 6.45) is 5.20. The second kappa shape index (κ2) is 4.15. The Balaban J connectivity index is 1.95. The van der Waals surface area contributed by atoms with E-state index in [1.165, 1.54) is 12.8 Å². The smallest absolute Gasteiger partial charge is 0.262 e. The number of halogens is 1. The number of pyridine rings is 1. The van der Waals surface area contributed by atoms with Gasteiger partial charge in [0.25, 0.3) is 5.56 Å². The highest BCUT2D eigenvalue weighted by Crippen LogP contribution is 2.28. The topological polar surface area (TPSA) is 37.6 Å². The Bertz CT molecular complexity index is 724. The Kier molecular flexibility index (Phi) is 2.53. The number of fused-ring (bicyclic) bond motifs is 3. The summed E-state index contributed by atoms with van der Waals surface area (Å²) in [4.78, 5) is 19.7. The summed E-state index contributed by atoms with van der Waals surface area (Å²) in [5.41, 5.74) is 2.73. The molecule has 0 bridgehead atoms. The number of hydrogen-bond donors (Lipinski definition) is 0. The highest BCUT2D eigenvalue weighted by Gasteiger charge is 2.32. The van der Waals surface area contributed by atoms with E-state index in [1.54, 1.807) is 10.6 Å². The van der Waals surface area contributed by atoms with Gasteiger partial charge < -0.3 is 0 Å². The van der Waals surface area contributed by atoms with Gasteiger partial charge >= 0.3 is 0 Å². The zero-order valence-electron chi connectivity index (χ0n) is 10.5. The lowest BCUT2D eigenvalue weighted by atomic mass is 10.00. The normalized spacial score (nSPS) is 22.5. The van der Waals surface area contributed by atoms with E-state index >= 15 is 0 Å². The Morgan fingerprint density at radius 1 is 1.42 bits per heavy atom. The van der Waals surface area contributed by atoms with Crippen LogP contribution in [-0.2, 0) is 13.0 Å². The molecule has 2 aliphatic heterocycles. The van der Waals surface area contributed by atoms with Crippen molar-refractivity contribution in [3.05, 3.63) is 44.4 Å². The molecule has 0 aliphatic carbocycles. The summed E-state index contributed by atoms with van der Waals surface area (Å²) in [5.74, 6) is 0. The molecule has 19 heavy (non-hydrogen) atoms. The fraction of sp³-hybridized carbons (Fsp3) is 0.429. The van der Waals surface area contributed by atoms with Crippen molar-refractivity contribution in [2.24, 2.45) is 0 Å². The van der Waals surface area contributed by atoms with Crippen LogP contribution in [0.3, 0.4) is 0 Å². The van der Waals surface area contributed by atoms with Gasteiger partial charge in [-0.3, -0.25) is 14.1 Å². The molecule has 0 aromatic carbocycles. The predicted molar refractivity (Wildman–Crippen MR) is 76.3 cm³/mol. The van der Waals surface area contributed by atoms with Gasteiger partial charge in [0.05, 0.1) is 11.3 Å². The van der Waals surface area contributed by atoms with Crippen LogP contribution < -0.4 is 5.56 Å². The van der Waals surface area contributed by atoms with Gasteiger partial charge in [0, 0.05) is 29.7 Å². The number of aromatic nitrogens is 2. The monoisotopic (exact) mass is 319 g/mol. The molecule has 2 aliphatic rings. The van der Waals surface area contributed by atoms with Gasteiger partial charge in [0.2, 0.25) is 0 Å². The molecule has 2 aromatic rings. The number of nitrogens with zero attached hydrogens (tertiary/aromatic N) is 3. The molecule has 1 fully saturated rings. The van der Waals surface area contributed by atoms with E-state index in [9.17, 15) is 4.79 Å². The van der Waals surface area contributed by atoms with Gasteiger partial charge in [0.1, 0.15) is 5.65 Å². The van der Waals surface area contributed by atoms with Crippen LogP contribution in [0.25, 0.3) is 5.65 Å². The summed E-state index contributed by atoms with van der Waals surface area (Å²) in [7, 11) is 0. The zero-order valence-corrected chi connectivity index (χ0v) is 12.1. The zero-order chi connectivity index (χ0) is 13.0. The van der Waals surface area contributed by atoms with Crippen LogP contribution in [0.2, 0.25) is 0 Å². The predicted octanol–water partition coefficient (Wildman–Crippen LogP) is 1.98. The summed E-state index contributed by atoms with van der Waals surface area (Å²) < 4.78 is 2.61. The molecule has 4 heterocycles. The van der Waals surface area contributed by atoms with E-state index in [0.717, 1.165) is 40.9 Å². The van der Waals surface area contributed by atoms with Crippen molar-refractivity contribution < 1.29 is 0 Å². The van der Waals surface area contributed by atoms with Gasteiger partial charge in [-0.15, -0.1) is 0 Å². The van der Waals surface area contributed by atoms with Crippen LogP contribution in [0.1, 0.15) is 24.1 Å². The van der Waals surface area contributed by atoms with Gasteiger partial charge in [0.15, 0.2) is 0 Å². The van der Waals surface area contributed by atoms with Crippen LogP contribution in [0, 0.1) is 0 Å². The second-order valence-corrected chi connectivity index (χ2v) is 6.30. The molecule has 0 radical (unpaired) electrons. The van der Waals surface area contributed by atoms with Gasteiger partial charge in [-0.05, 0) is 31.5 Å². The lowest BCUT2D eigenvalue weighted by molar-refractivity contribution is 0.223. The fourth-order valence-electron chi connectivity index (χ4n) is 3.28. The van der Waals surface area contributed by atoms with Crippen molar-refractivity contribution in [1.82, 2.24) is 14.3 Å². The minimum atomic E-state index is 0.0952. The van der Waals surface area contributed by atoms with Crippen molar-refractivity contribution in [1.29, 1.82) is 0 Å². The largest absolute Gasteiger partial charge is 0.295 e. The van der Waals surface area contributed by atoms with Crippen molar-refractivity contribution in [2.45, 2.75) is 31.8 Å². The molecule has 0 unspecified atom stereocenters. The summed E-state index contributed by atoms with van der Waals surface area (Å²) in [6, 6.07) is 4.38. The van der Waals surface area contributed by atoms with Crippen molar-refractivity contribution in [2.75, 3.05) is 6.54 Å². The molecular formula is C14H14BrN3O. The molecule has 1 atom stereocenters. The van der Waals surface area contributed by atoms with Crippen LogP contribution in [0.5, 0.6) is 0 Å². The van der Waals surface area contributed by atoms with Crippen LogP contribution in [0.15, 0.2) is 27.6 Å². The Hall–Kier alpha value is -1.20. The third-order valence-corrected chi connectivity index (χ3v) is 4.75. The first kappa shape index (κ1) is 11.6. The van der Waals surface area contributed by atoms with E-state index in [2.05, 4.69) is 20.8 Å². The van der Waals surface area contributed by atoms with E-state index in [0.29, 0.717) is 6.04 Å². The Morgan fingerprint density at radius 2 is 2.32 bits per heavy atom. The van der Waals surface area contributed by atoms with E-state index in [-0.39, 0.29) is 5.56 Å². The average Bonchev–Trinajstić information content (AvgIpc) is 2.84. The molecule has 4 rings (SSSR count). The molecule has 0 saturated carbocycles. The lowest BCUT2D eigenvalue weighted by Crippen LogP contribution is -2.40. The first-order valence-corrected chi connectivity index (χ1v) is 7.45. The van der Waals surface area contributed by atoms with Crippen LogP contribution >= 0.6 is 15.9 Å². The lowest BCUT2D eigenvalue weighted by Gasteiger charge is -2.30. The quantitative estimate of drug-likeness (QED) is 0.745. The molecule has 0 spiro atoms. The molecule has 1 saturated heterocycles. The maximum absolute atomic E-state index is 12.6. The molecule has 98 valence electrons. The third-order valence-electron chi connectivity index (χ3n) is 4.26. The third kappa shape index (κ3) is 1.75. The molecule has 0 N–H and O–H groups in total. The molecule has 5 heteroatoms. The van der Waals surface area contributed by atoms with E-state index < -0.39 is 0 Å². The summed E-state index contributed by atoms with van der Waals surface area (Å²) in [5, 5.41) is 0. The first-order valence-electron chi connectivity index (χ1n) is 6.66. The second-order valence-electron chi connectivity index (χ2n) is 5.39. The van der Waals surface area contributed by atoms with Crippen molar-refractivity contribution >= 4 is 21.6 Å². The average molecular weight is 320 g/mol. The van der Waals surface area contributed by atoms with E-state index in [1.807, 2.05) is 12.1 Å². The molecular weight excluding hydrogens is 306 g/mol. The van der Waals surface area contributed by atoms with Crippen LogP contribution in [-0.4, -0.2) is 26.9 Å². The minimum absolute atomic E-state index is 0.0952. The highest BCUT2D eigenvalue weighted by atomic mass is 79.9. The standard InChI is InChI=1S/C14H14BrN3O/c15-9-3-5-18-13(6-9)16-12-7-10-2-1-4-17(10)8-11(12)14(18)19/h3,5-6,10H,1-2,4,7-8H2/t10-/m0/s1. The molecule has 4 nitrogen and oxygen atoms in total. The summed E-state index contributed by atoms with van der Waals surface area (Å²) in [6.45, 7) is 1.89. The highest BCUT2D eigenvalue weighted by molar-refractivity contribution is 9.10. The molecule has 0 amide bonds. The maximum Gasteiger partial charge on any atom is 0.262 e. The van der Waals surface area contributed by atoms with Crippen LogP contribution in [0.4, 0.5) is 0 Å². The Morgan fingerprint density at radius 3 is 3.21 bits per heavy atom. The fourth-order valence-corrected chi connectivity index (χ4v) is 3.61. The number of hydrogen-bond acceptors (Lipinski definition) is 3. The van der Waals surface area contributed by atoms with Crippen molar-refractivity contribution in [3.8, 4) is 0 Å². The van der Waals surface area contributed by atoms with Crippen molar-refractivity contribution in [3.63, 3.8) is 0 Å². The number of rotatable bonds is 0. The summed E-state index contributed by atoms with van der Waals surface area (Å²) >= 11 is 3.43. The van der Waals surface area contributed by atoms with E-state index in [4.69, 9.17) is 4.98 Å². The Labute approximate surface area is 119 Å². The first-order chi connectivity index (χ1) is 9.22. The van der Waals surface area contributed by atoms with Gasteiger partial charge in [-0.1, -0.05) is 15.9 Å². The SMILES string of the molecule is O=c1c2c(nc3cc(Br)ccn13)C[C@@H]1CCCN1C2. The minimum Gasteiger partial charge on any atom is -0.295 e.